The quantitative estimate of drug-likeness (QED) is 0.554. The van der Waals surface area contributed by atoms with Crippen molar-refractivity contribution in [2.75, 3.05) is 0 Å². The largest absolute Gasteiger partial charge is 1.00 e. The predicted molar refractivity (Wildman–Crippen MR) is 62.0 cm³/mol. The van der Waals surface area contributed by atoms with Crippen LogP contribution in [0.4, 0.5) is 0 Å². The van der Waals surface area contributed by atoms with Gasteiger partial charge >= 0.3 is 29.6 Å². The normalized spacial score (nSPS) is 10.0. The summed E-state index contributed by atoms with van der Waals surface area (Å²) in [6.45, 7) is 0. The van der Waals surface area contributed by atoms with Crippen LogP contribution in [0, 0.1) is 0 Å². The van der Waals surface area contributed by atoms with E-state index >= 15 is 0 Å². The van der Waals surface area contributed by atoms with Crippen LogP contribution >= 0.6 is 51.2 Å². The van der Waals surface area contributed by atoms with Crippen LogP contribution < -0.4 is 35.0 Å². The van der Waals surface area contributed by atoms with E-state index in [1.54, 1.807) is 0 Å². The summed E-state index contributed by atoms with van der Waals surface area (Å²) in [7, 11) is 0. The van der Waals surface area contributed by atoms with Crippen molar-refractivity contribution in [2.24, 2.45) is 0 Å². The van der Waals surface area contributed by atoms with Gasteiger partial charge in [-0.2, -0.15) is 0 Å². The number of hydrogen-bond donors (Lipinski definition) is 1. The third kappa shape index (κ3) is 2.22. The Bertz CT molecular complexity index is 495. The van der Waals surface area contributed by atoms with Crippen molar-refractivity contribution in [3.05, 3.63) is 26.1 Å². The van der Waals surface area contributed by atoms with Gasteiger partial charge in [0.25, 0.3) is 0 Å². The zero-order valence-corrected chi connectivity index (χ0v) is 12.8. The molecule has 2 aromatic heterocycles. The summed E-state index contributed by atoms with van der Waals surface area (Å²) in [4.78, 5) is 11.5. The Kier molecular flexibility index (Phi) is 4.50. The van der Waals surface area contributed by atoms with Gasteiger partial charge in [0.1, 0.15) is 0 Å². The number of thiol groups is 1. The minimum atomic E-state index is 0. The van der Waals surface area contributed by atoms with E-state index in [4.69, 9.17) is 0 Å². The third-order valence-electron chi connectivity index (χ3n) is 1.43. The van der Waals surface area contributed by atoms with Crippen molar-refractivity contribution in [1.29, 1.82) is 0 Å². The molecule has 0 amide bonds. The maximum Gasteiger partial charge on any atom is 1.00 e. The Morgan fingerprint density at radius 2 is 2.23 bits per heavy atom. The zero-order chi connectivity index (χ0) is 8.72. The van der Waals surface area contributed by atoms with Crippen molar-refractivity contribution >= 4 is 60.6 Å². The predicted octanol–water partition coefficient (Wildman–Crippen LogP) is 0.491. The van der Waals surface area contributed by atoms with E-state index < -0.39 is 0 Å². The van der Waals surface area contributed by atoms with Gasteiger partial charge in [-0.1, -0.05) is 0 Å². The van der Waals surface area contributed by atoms with Gasteiger partial charge in [-0.3, -0.25) is 4.79 Å². The van der Waals surface area contributed by atoms with Crippen molar-refractivity contribution in [2.45, 2.75) is 4.21 Å². The molecule has 2 aromatic rings. The second kappa shape index (κ2) is 4.79. The number of rotatable bonds is 0. The molecule has 0 unspecified atom stereocenters. The Balaban J connectivity index is 0.000000845. The fourth-order valence-corrected chi connectivity index (χ4v) is 3.66. The molecule has 2 rings (SSSR count). The molecule has 0 aliphatic rings. The molecule has 0 aromatic carbocycles. The second-order valence-corrected chi connectivity index (χ2v) is 5.68. The first kappa shape index (κ1) is 12.2. The Labute approximate surface area is 120 Å². The molecule has 0 fully saturated rings. The van der Waals surface area contributed by atoms with Gasteiger partial charge < -0.3 is 1.43 Å². The average molecular weight is 303 g/mol. The molecule has 64 valence electrons. The Morgan fingerprint density at radius 1 is 1.54 bits per heavy atom. The molecular formula is C7H4BrNaOS3. The molecule has 0 bridgehead atoms. The van der Waals surface area contributed by atoms with E-state index in [2.05, 4.69) is 28.6 Å². The average Bonchev–Trinajstić information content (AvgIpc) is 2.48. The fraction of sp³-hybridized carbons (Fsp3) is 0. The topological polar surface area (TPSA) is 17.1 Å². The molecule has 6 heteroatoms. The number of hydrogen-bond acceptors (Lipinski definition) is 4. The summed E-state index contributed by atoms with van der Waals surface area (Å²) in [5.41, 5.74) is 0.0451. The molecule has 0 saturated heterocycles. The first-order valence-corrected chi connectivity index (χ1v) is 6.02. The smallest absolute Gasteiger partial charge is 1.00 e. The molecule has 0 saturated carbocycles. The van der Waals surface area contributed by atoms with Crippen LogP contribution in [-0.4, -0.2) is 0 Å². The molecular weight excluding hydrogens is 299 g/mol. The summed E-state index contributed by atoms with van der Waals surface area (Å²) in [5, 5.41) is 1.92. The second-order valence-electron chi connectivity index (χ2n) is 2.16. The molecule has 13 heavy (non-hydrogen) atoms. The maximum absolute atomic E-state index is 11.5. The van der Waals surface area contributed by atoms with Gasteiger partial charge in [-0.25, -0.2) is 0 Å². The van der Waals surface area contributed by atoms with Crippen LogP contribution in [0.3, 0.4) is 0 Å². The molecule has 1 nitrogen and oxygen atoms in total. The van der Waals surface area contributed by atoms with Gasteiger partial charge in [-0.05, 0) is 27.4 Å². The SMILES string of the molecule is O=c1c(Br)c(S)sc2ccsc12.[H-].[Na+]. The summed E-state index contributed by atoms with van der Waals surface area (Å²) in [6, 6.07) is 1.94. The minimum absolute atomic E-state index is 0. The van der Waals surface area contributed by atoms with Crippen LogP contribution in [0.1, 0.15) is 1.43 Å². The zero-order valence-electron chi connectivity index (χ0n) is 7.70. The van der Waals surface area contributed by atoms with Crippen LogP contribution in [0.15, 0.2) is 24.9 Å². The standard InChI is InChI=1S/C7H3BrOS3.Na.H/c8-4-5(9)6-3(1-2-11-6)12-7(4)10;;/h1-2,10H;;/q;+1;-1. The summed E-state index contributed by atoms with van der Waals surface area (Å²) in [5.74, 6) is 0. The Hall–Kier alpha value is 1.16. The summed E-state index contributed by atoms with van der Waals surface area (Å²) in [6.07, 6.45) is 0. The van der Waals surface area contributed by atoms with Crippen molar-refractivity contribution in [3.63, 3.8) is 0 Å². The molecule has 2 heterocycles. The van der Waals surface area contributed by atoms with Crippen molar-refractivity contribution in [3.8, 4) is 0 Å². The van der Waals surface area contributed by atoms with E-state index in [1.165, 1.54) is 22.7 Å². The van der Waals surface area contributed by atoms with Crippen molar-refractivity contribution in [1.82, 2.24) is 0 Å². The van der Waals surface area contributed by atoms with Gasteiger partial charge in [0.2, 0.25) is 5.43 Å². The molecule has 0 spiro atoms. The van der Waals surface area contributed by atoms with Crippen LogP contribution in [0.25, 0.3) is 9.40 Å². The number of halogens is 1. The number of thiophene rings is 1. The van der Waals surface area contributed by atoms with Gasteiger partial charge in [0.05, 0.1) is 18.1 Å². The fourth-order valence-electron chi connectivity index (χ4n) is 0.889. The van der Waals surface area contributed by atoms with Gasteiger partial charge in [-0.15, -0.1) is 35.3 Å². The molecule has 0 N–H and O–H groups in total. The third-order valence-corrected chi connectivity index (χ3v) is 5.25. The van der Waals surface area contributed by atoms with Gasteiger partial charge in [0.15, 0.2) is 0 Å². The van der Waals surface area contributed by atoms with E-state index in [0.29, 0.717) is 4.47 Å². The molecule has 0 aliphatic carbocycles. The van der Waals surface area contributed by atoms with Crippen molar-refractivity contribution < 1.29 is 31.0 Å². The van der Waals surface area contributed by atoms with E-state index in [-0.39, 0.29) is 36.4 Å². The Morgan fingerprint density at radius 3 is 2.92 bits per heavy atom. The molecule has 0 aliphatic heterocycles. The number of fused-ring (bicyclic) bond motifs is 1. The van der Waals surface area contributed by atoms with Gasteiger partial charge in [0, 0.05) is 0 Å². The first-order valence-electron chi connectivity index (χ1n) is 3.09. The monoisotopic (exact) mass is 302 g/mol. The summed E-state index contributed by atoms with van der Waals surface area (Å²) >= 11 is 10.4. The van der Waals surface area contributed by atoms with Crippen LogP contribution in [0.2, 0.25) is 0 Å². The van der Waals surface area contributed by atoms with Crippen LogP contribution in [-0.2, 0) is 0 Å². The molecule has 0 radical (unpaired) electrons. The first-order chi connectivity index (χ1) is 5.70. The van der Waals surface area contributed by atoms with E-state index in [9.17, 15) is 4.79 Å². The van der Waals surface area contributed by atoms with E-state index in [0.717, 1.165) is 13.6 Å². The van der Waals surface area contributed by atoms with Crippen LogP contribution in [0.5, 0.6) is 0 Å². The molecule has 0 atom stereocenters. The summed E-state index contributed by atoms with van der Waals surface area (Å²) < 4.78 is 3.14. The maximum atomic E-state index is 11.5. The van der Waals surface area contributed by atoms with E-state index in [1.807, 2.05) is 11.4 Å². The minimum Gasteiger partial charge on any atom is -1.00 e.